The van der Waals surface area contributed by atoms with Crippen molar-refractivity contribution in [1.82, 2.24) is 9.97 Å². The Morgan fingerprint density at radius 2 is 1.81 bits per heavy atom. The first-order valence-corrected chi connectivity index (χ1v) is 10.8. The molecule has 6 nitrogen and oxygen atoms in total. The van der Waals surface area contributed by atoms with Crippen LogP contribution in [-0.4, -0.2) is 29.0 Å². The Hall–Kier alpha value is -3.41. The molecule has 0 spiro atoms. The van der Waals surface area contributed by atoms with Crippen LogP contribution in [0.4, 0.5) is 11.5 Å². The fourth-order valence-electron chi connectivity index (χ4n) is 3.79. The SMILES string of the molecule is CC(C)c1ccc(NC(=O)C2CCCN(c3nccnc3Oc3ccccc3)C2)cc1. The van der Waals surface area contributed by atoms with Crippen molar-refractivity contribution in [2.24, 2.45) is 5.92 Å². The molecule has 6 heteroatoms. The highest BCUT2D eigenvalue weighted by molar-refractivity contribution is 5.93. The number of benzene rings is 2. The van der Waals surface area contributed by atoms with Gasteiger partial charge in [0.1, 0.15) is 5.75 Å². The van der Waals surface area contributed by atoms with Crippen LogP contribution in [0.2, 0.25) is 0 Å². The third-order valence-corrected chi connectivity index (χ3v) is 5.54. The van der Waals surface area contributed by atoms with E-state index in [2.05, 4.69) is 46.2 Å². The third kappa shape index (κ3) is 5.20. The number of amides is 1. The van der Waals surface area contributed by atoms with Gasteiger partial charge in [-0.05, 0) is 48.6 Å². The van der Waals surface area contributed by atoms with Gasteiger partial charge in [0.15, 0.2) is 5.82 Å². The molecule has 0 saturated carbocycles. The summed E-state index contributed by atoms with van der Waals surface area (Å²) in [7, 11) is 0. The summed E-state index contributed by atoms with van der Waals surface area (Å²) in [5, 5.41) is 3.07. The van der Waals surface area contributed by atoms with Gasteiger partial charge in [-0.3, -0.25) is 4.79 Å². The maximum atomic E-state index is 12.9. The molecule has 3 aromatic rings. The van der Waals surface area contributed by atoms with E-state index in [-0.39, 0.29) is 11.8 Å². The molecule has 160 valence electrons. The molecule has 1 unspecified atom stereocenters. The van der Waals surface area contributed by atoms with Crippen molar-refractivity contribution in [1.29, 1.82) is 0 Å². The first-order valence-electron chi connectivity index (χ1n) is 10.8. The molecular weight excluding hydrogens is 388 g/mol. The van der Waals surface area contributed by atoms with Gasteiger partial charge in [0.2, 0.25) is 5.91 Å². The average molecular weight is 417 g/mol. The van der Waals surface area contributed by atoms with E-state index in [1.165, 1.54) is 5.56 Å². The summed E-state index contributed by atoms with van der Waals surface area (Å²) in [6.07, 6.45) is 5.04. The molecule has 1 N–H and O–H groups in total. The van der Waals surface area contributed by atoms with Crippen molar-refractivity contribution in [3.8, 4) is 11.6 Å². The number of piperidine rings is 1. The van der Waals surface area contributed by atoms with Crippen LogP contribution in [0.3, 0.4) is 0 Å². The summed E-state index contributed by atoms with van der Waals surface area (Å²) in [4.78, 5) is 23.9. The normalized spacial score (nSPS) is 16.2. The second-order valence-corrected chi connectivity index (χ2v) is 8.15. The van der Waals surface area contributed by atoms with Gasteiger partial charge in [0, 0.05) is 31.2 Å². The van der Waals surface area contributed by atoms with Crippen LogP contribution in [0, 0.1) is 5.92 Å². The minimum atomic E-state index is -0.120. The lowest BCUT2D eigenvalue weighted by atomic mass is 9.97. The van der Waals surface area contributed by atoms with Gasteiger partial charge in [-0.15, -0.1) is 0 Å². The van der Waals surface area contributed by atoms with E-state index in [1.54, 1.807) is 12.4 Å². The number of ether oxygens (including phenoxy) is 1. The number of aromatic nitrogens is 2. The summed E-state index contributed by atoms with van der Waals surface area (Å²) in [5.74, 6) is 2.22. The number of para-hydroxylation sites is 1. The Balaban J connectivity index is 1.44. The number of carbonyl (C=O) groups is 1. The van der Waals surface area contributed by atoms with E-state index in [4.69, 9.17) is 4.74 Å². The summed E-state index contributed by atoms with van der Waals surface area (Å²) in [6.45, 7) is 5.72. The first kappa shape index (κ1) is 20.8. The lowest BCUT2D eigenvalue weighted by Gasteiger charge is -2.33. The zero-order valence-electron chi connectivity index (χ0n) is 18.0. The number of hydrogen-bond donors (Lipinski definition) is 1. The number of hydrogen-bond acceptors (Lipinski definition) is 5. The van der Waals surface area contributed by atoms with Gasteiger partial charge in [0.05, 0.1) is 5.92 Å². The minimum absolute atomic E-state index is 0.0383. The second-order valence-electron chi connectivity index (χ2n) is 8.15. The number of anilines is 2. The Morgan fingerprint density at radius 1 is 1.06 bits per heavy atom. The molecule has 1 atom stereocenters. The summed E-state index contributed by atoms with van der Waals surface area (Å²) < 4.78 is 5.97. The van der Waals surface area contributed by atoms with E-state index < -0.39 is 0 Å². The van der Waals surface area contributed by atoms with Crippen molar-refractivity contribution >= 4 is 17.4 Å². The highest BCUT2D eigenvalue weighted by atomic mass is 16.5. The van der Waals surface area contributed by atoms with Crippen LogP contribution in [0.1, 0.15) is 38.2 Å². The molecule has 1 amide bonds. The topological polar surface area (TPSA) is 67.4 Å². The highest BCUT2D eigenvalue weighted by Crippen LogP contribution is 2.31. The van der Waals surface area contributed by atoms with Gasteiger partial charge >= 0.3 is 0 Å². The maximum absolute atomic E-state index is 12.9. The summed E-state index contributed by atoms with van der Waals surface area (Å²) >= 11 is 0. The number of rotatable bonds is 6. The molecule has 1 fully saturated rings. The van der Waals surface area contributed by atoms with Gasteiger partial charge in [0.25, 0.3) is 5.88 Å². The molecule has 4 rings (SSSR count). The number of nitrogens with zero attached hydrogens (tertiary/aromatic N) is 3. The predicted molar refractivity (Wildman–Crippen MR) is 123 cm³/mol. The molecule has 1 aliphatic rings. The number of carbonyl (C=O) groups excluding carboxylic acids is 1. The number of nitrogens with one attached hydrogen (secondary N) is 1. The van der Waals surface area contributed by atoms with Crippen LogP contribution in [0.5, 0.6) is 11.6 Å². The first-order chi connectivity index (χ1) is 15.1. The standard InChI is InChI=1S/C25H28N4O2/c1-18(2)19-10-12-21(13-11-19)28-24(30)20-7-6-16-29(17-20)23-25(27-15-14-26-23)31-22-8-4-3-5-9-22/h3-5,8-15,18,20H,6-7,16-17H2,1-2H3,(H,28,30). The van der Waals surface area contributed by atoms with E-state index >= 15 is 0 Å². The van der Waals surface area contributed by atoms with Crippen molar-refractivity contribution in [2.75, 3.05) is 23.3 Å². The van der Waals surface area contributed by atoms with E-state index in [9.17, 15) is 4.79 Å². The van der Waals surface area contributed by atoms with Crippen molar-refractivity contribution < 1.29 is 9.53 Å². The fraction of sp³-hybridized carbons (Fsp3) is 0.320. The Bertz CT molecular complexity index is 1010. The fourth-order valence-corrected chi connectivity index (χ4v) is 3.79. The molecule has 2 aromatic carbocycles. The lowest BCUT2D eigenvalue weighted by molar-refractivity contribution is -0.120. The summed E-state index contributed by atoms with van der Waals surface area (Å²) in [6, 6.07) is 17.6. The smallest absolute Gasteiger partial charge is 0.263 e. The molecule has 0 bridgehead atoms. The monoisotopic (exact) mass is 416 g/mol. The zero-order chi connectivity index (χ0) is 21.6. The summed E-state index contributed by atoms with van der Waals surface area (Å²) in [5.41, 5.74) is 2.09. The molecule has 2 heterocycles. The molecule has 1 saturated heterocycles. The Morgan fingerprint density at radius 3 is 2.55 bits per heavy atom. The van der Waals surface area contributed by atoms with Crippen LogP contribution in [0.25, 0.3) is 0 Å². The van der Waals surface area contributed by atoms with Crippen LogP contribution >= 0.6 is 0 Å². The van der Waals surface area contributed by atoms with Gasteiger partial charge in [-0.2, -0.15) is 0 Å². The van der Waals surface area contributed by atoms with Crippen molar-refractivity contribution in [3.05, 3.63) is 72.6 Å². The van der Waals surface area contributed by atoms with Crippen LogP contribution < -0.4 is 15.0 Å². The molecule has 1 aliphatic heterocycles. The third-order valence-electron chi connectivity index (χ3n) is 5.54. The zero-order valence-corrected chi connectivity index (χ0v) is 18.0. The highest BCUT2D eigenvalue weighted by Gasteiger charge is 2.28. The Kier molecular flexibility index (Phi) is 6.46. The van der Waals surface area contributed by atoms with Gasteiger partial charge in [-0.1, -0.05) is 44.2 Å². The molecule has 0 radical (unpaired) electrons. The van der Waals surface area contributed by atoms with E-state index in [1.807, 2.05) is 42.5 Å². The average Bonchev–Trinajstić information content (AvgIpc) is 2.80. The predicted octanol–water partition coefficient (Wildman–Crippen LogP) is 5.25. The molecule has 31 heavy (non-hydrogen) atoms. The van der Waals surface area contributed by atoms with Crippen molar-refractivity contribution in [3.63, 3.8) is 0 Å². The largest absolute Gasteiger partial charge is 0.436 e. The maximum Gasteiger partial charge on any atom is 0.263 e. The minimum Gasteiger partial charge on any atom is -0.436 e. The molecular formula is C25H28N4O2. The van der Waals surface area contributed by atoms with E-state index in [0.29, 0.717) is 29.9 Å². The van der Waals surface area contributed by atoms with Gasteiger partial charge in [-0.25, -0.2) is 9.97 Å². The molecule has 0 aliphatic carbocycles. The lowest BCUT2D eigenvalue weighted by Crippen LogP contribution is -2.41. The van der Waals surface area contributed by atoms with Crippen LogP contribution in [0.15, 0.2) is 67.0 Å². The second kappa shape index (κ2) is 9.60. The quantitative estimate of drug-likeness (QED) is 0.595. The Labute approximate surface area is 183 Å². The molecule has 1 aromatic heterocycles. The van der Waals surface area contributed by atoms with Crippen molar-refractivity contribution in [2.45, 2.75) is 32.6 Å². The van der Waals surface area contributed by atoms with Crippen LogP contribution in [-0.2, 0) is 4.79 Å². The van der Waals surface area contributed by atoms with E-state index in [0.717, 1.165) is 25.1 Å². The van der Waals surface area contributed by atoms with Gasteiger partial charge < -0.3 is 15.0 Å².